The fourth-order valence-electron chi connectivity index (χ4n) is 3.37. The number of esters is 4. The zero-order valence-electron chi connectivity index (χ0n) is 19.7. The van der Waals surface area contributed by atoms with Crippen molar-refractivity contribution in [2.24, 2.45) is 0 Å². The van der Waals surface area contributed by atoms with Crippen LogP contribution < -0.4 is 4.74 Å². The molecule has 0 aromatic heterocycles. The Kier molecular flexibility index (Phi) is 9.94. The molecule has 1 saturated heterocycles. The first-order chi connectivity index (χ1) is 16.5. The van der Waals surface area contributed by atoms with Gasteiger partial charge >= 0.3 is 23.9 Å². The van der Waals surface area contributed by atoms with Gasteiger partial charge in [-0.05, 0) is 17.7 Å². The number of nitro groups is 1. The van der Waals surface area contributed by atoms with E-state index in [0.717, 1.165) is 20.8 Å². The van der Waals surface area contributed by atoms with Gasteiger partial charge in [0.05, 0.1) is 0 Å². The van der Waals surface area contributed by atoms with E-state index in [1.165, 1.54) is 19.1 Å². The molecule has 13 nitrogen and oxygen atoms in total. The number of rotatable bonds is 10. The average Bonchev–Trinajstić information content (AvgIpc) is 2.75. The summed E-state index contributed by atoms with van der Waals surface area (Å²) in [5.41, 5.74) is 0.690. The molecule has 1 fully saturated rings. The maximum absolute atomic E-state index is 11.8. The normalized spacial score (nSPS) is 23.5. The molecule has 0 amide bonds. The van der Waals surface area contributed by atoms with Crippen LogP contribution in [0.1, 0.15) is 33.3 Å². The van der Waals surface area contributed by atoms with Crippen LogP contribution in [0.15, 0.2) is 24.3 Å². The van der Waals surface area contributed by atoms with Crippen LogP contribution in [-0.4, -0.2) is 72.7 Å². The van der Waals surface area contributed by atoms with Crippen LogP contribution in [0.2, 0.25) is 0 Å². The highest BCUT2D eigenvalue weighted by atomic mass is 16.7. The van der Waals surface area contributed by atoms with Crippen molar-refractivity contribution in [3.8, 4) is 5.75 Å². The SMILES string of the molecule is CC(=O)OC[C@H]1O[C@@H](Oc2ccc(CC[N+](=O)[O-])cc2)[C@H](OC(C)=O)[C@@H](OC(C)=O)[C@@H]1OC(C)=O. The molecule has 0 saturated carbocycles. The molecule has 0 aliphatic carbocycles. The van der Waals surface area contributed by atoms with Crippen LogP contribution in [0.25, 0.3) is 0 Å². The number of benzene rings is 1. The highest BCUT2D eigenvalue weighted by Crippen LogP contribution is 2.31. The molecule has 192 valence electrons. The molecule has 0 spiro atoms. The maximum Gasteiger partial charge on any atom is 0.303 e. The van der Waals surface area contributed by atoms with Gasteiger partial charge in [0.2, 0.25) is 18.9 Å². The van der Waals surface area contributed by atoms with Gasteiger partial charge in [-0.2, -0.15) is 0 Å². The molecule has 5 atom stereocenters. The Morgan fingerprint density at radius 1 is 0.857 bits per heavy atom. The van der Waals surface area contributed by atoms with E-state index in [-0.39, 0.29) is 25.3 Å². The number of hydrogen-bond donors (Lipinski definition) is 0. The van der Waals surface area contributed by atoms with Gasteiger partial charge in [0, 0.05) is 39.0 Å². The highest BCUT2D eigenvalue weighted by molar-refractivity contribution is 5.68. The first-order valence-corrected chi connectivity index (χ1v) is 10.6. The van der Waals surface area contributed by atoms with E-state index in [0.29, 0.717) is 5.56 Å². The Balaban J connectivity index is 2.36. The monoisotopic (exact) mass is 497 g/mol. The van der Waals surface area contributed by atoms with Crippen molar-refractivity contribution in [3.63, 3.8) is 0 Å². The average molecular weight is 497 g/mol. The van der Waals surface area contributed by atoms with E-state index < -0.39 is 59.5 Å². The highest BCUT2D eigenvalue weighted by Gasteiger charge is 2.53. The zero-order chi connectivity index (χ0) is 26.1. The van der Waals surface area contributed by atoms with Crippen LogP contribution in [0.4, 0.5) is 0 Å². The summed E-state index contributed by atoms with van der Waals surface area (Å²) in [6.45, 7) is 3.92. The molecule has 1 aliphatic rings. The van der Waals surface area contributed by atoms with Crippen molar-refractivity contribution >= 4 is 23.9 Å². The fraction of sp³-hybridized carbons (Fsp3) is 0.545. The van der Waals surface area contributed by atoms with Crippen molar-refractivity contribution in [1.29, 1.82) is 0 Å². The lowest BCUT2D eigenvalue weighted by Gasteiger charge is -2.43. The third kappa shape index (κ3) is 8.85. The standard InChI is InChI=1S/C22H27NO12/c1-12(24)30-11-18-19(31-13(2)25)20(32-14(3)26)21(33-15(4)27)22(35-18)34-17-7-5-16(6-8-17)9-10-23(28)29/h5-8,18-22H,9-11H2,1-4H3/t18-,19-,20+,21-,22-/m1/s1. The summed E-state index contributed by atoms with van der Waals surface area (Å²) in [6.07, 6.45) is -6.28. The Morgan fingerprint density at radius 3 is 1.91 bits per heavy atom. The molecular formula is C22H27NO12. The molecule has 0 unspecified atom stereocenters. The van der Waals surface area contributed by atoms with Crippen LogP contribution in [-0.2, 0) is 49.3 Å². The van der Waals surface area contributed by atoms with Gasteiger partial charge in [0.1, 0.15) is 18.5 Å². The lowest BCUT2D eigenvalue weighted by molar-refractivity contribution is -0.479. The molecule has 13 heteroatoms. The number of nitrogens with zero attached hydrogens (tertiary/aromatic N) is 1. The molecule has 0 N–H and O–H groups in total. The molecule has 0 bridgehead atoms. The molecular weight excluding hydrogens is 470 g/mol. The fourth-order valence-corrected chi connectivity index (χ4v) is 3.37. The third-order valence-corrected chi connectivity index (χ3v) is 4.71. The number of ether oxygens (including phenoxy) is 6. The van der Waals surface area contributed by atoms with E-state index >= 15 is 0 Å². The van der Waals surface area contributed by atoms with Crippen molar-refractivity contribution in [3.05, 3.63) is 39.9 Å². The second kappa shape index (κ2) is 12.6. The van der Waals surface area contributed by atoms with Crippen LogP contribution in [0, 0.1) is 10.1 Å². The van der Waals surface area contributed by atoms with Crippen molar-refractivity contribution < 1.29 is 52.5 Å². The minimum absolute atomic E-state index is 0.215. The van der Waals surface area contributed by atoms with E-state index in [2.05, 4.69) is 0 Å². The number of hydrogen-bond acceptors (Lipinski definition) is 12. The quantitative estimate of drug-likeness (QED) is 0.195. The third-order valence-electron chi connectivity index (χ3n) is 4.71. The molecule has 2 rings (SSSR count). The molecule has 1 aromatic carbocycles. The summed E-state index contributed by atoms with van der Waals surface area (Å²) in [6, 6.07) is 6.29. The number of carbonyl (C=O) groups excluding carboxylic acids is 4. The van der Waals surface area contributed by atoms with E-state index in [1.807, 2.05) is 0 Å². The summed E-state index contributed by atoms with van der Waals surface area (Å²) < 4.78 is 32.7. The Bertz CT molecular complexity index is 931. The van der Waals surface area contributed by atoms with E-state index in [4.69, 9.17) is 28.4 Å². The largest absolute Gasteiger partial charge is 0.463 e. The van der Waals surface area contributed by atoms with Gasteiger partial charge < -0.3 is 28.4 Å². The van der Waals surface area contributed by atoms with Gasteiger partial charge in [-0.15, -0.1) is 0 Å². The second-order valence-electron chi connectivity index (χ2n) is 7.64. The Morgan fingerprint density at radius 2 is 1.40 bits per heavy atom. The molecule has 35 heavy (non-hydrogen) atoms. The molecule has 1 aromatic rings. The second-order valence-corrected chi connectivity index (χ2v) is 7.64. The Labute approximate surface area is 200 Å². The predicted molar refractivity (Wildman–Crippen MR) is 115 cm³/mol. The zero-order valence-corrected chi connectivity index (χ0v) is 19.7. The smallest absolute Gasteiger partial charge is 0.303 e. The van der Waals surface area contributed by atoms with Crippen LogP contribution >= 0.6 is 0 Å². The minimum atomic E-state index is -1.36. The summed E-state index contributed by atoms with van der Waals surface area (Å²) in [4.78, 5) is 56.9. The van der Waals surface area contributed by atoms with Gasteiger partial charge in [-0.25, -0.2) is 0 Å². The maximum atomic E-state index is 11.8. The minimum Gasteiger partial charge on any atom is -0.463 e. The number of carbonyl (C=O) groups is 4. The van der Waals surface area contributed by atoms with Gasteiger partial charge in [0.25, 0.3) is 0 Å². The van der Waals surface area contributed by atoms with Crippen LogP contribution in [0.5, 0.6) is 5.75 Å². The topological polar surface area (TPSA) is 167 Å². The van der Waals surface area contributed by atoms with Crippen LogP contribution in [0.3, 0.4) is 0 Å². The summed E-state index contributed by atoms with van der Waals surface area (Å²) >= 11 is 0. The van der Waals surface area contributed by atoms with Gasteiger partial charge in [-0.1, -0.05) is 12.1 Å². The van der Waals surface area contributed by atoms with Gasteiger partial charge in [-0.3, -0.25) is 29.3 Å². The lowest BCUT2D eigenvalue weighted by Crippen LogP contribution is -2.63. The summed E-state index contributed by atoms with van der Waals surface area (Å²) in [5, 5.41) is 10.6. The molecule has 0 radical (unpaired) electrons. The van der Waals surface area contributed by atoms with E-state index in [1.54, 1.807) is 12.1 Å². The Hall–Kier alpha value is -3.74. The van der Waals surface area contributed by atoms with Crippen molar-refractivity contribution in [2.45, 2.75) is 64.8 Å². The first-order valence-electron chi connectivity index (χ1n) is 10.6. The van der Waals surface area contributed by atoms with Crippen molar-refractivity contribution in [1.82, 2.24) is 0 Å². The van der Waals surface area contributed by atoms with Crippen molar-refractivity contribution in [2.75, 3.05) is 13.2 Å². The predicted octanol–water partition coefficient (Wildman–Crippen LogP) is 0.968. The molecule has 1 heterocycles. The summed E-state index contributed by atoms with van der Waals surface area (Å²) in [7, 11) is 0. The van der Waals surface area contributed by atoms with E-state index in [9.17, 15) is 29.3 Å². The summed E-state index contributed by atoms with van der Waals surface area (Å²) in [5.74, 6) is -2.64. The molecule has 1 aliphatic heterocycles. The lowest BCUT2D eigenvalue weighted by atomic mass is 9.98. The first kappa shape index (κ1) is 27.5. The van der Waals surface area contributed by atoms with Gasteiger partial charge in [0.15, 0.2) is 12.2 Å².